The van der Waals surface area contributed by atoms with Crippen molar-refractivity contribution in [3.63, 3.8) is 0 Å². The number of nitrogen functional groups attached to an aromatic ring is 1. The van der Waals surface area contributed by atoms with Crippen LogP contribution in [0.4, 0.5) is 5.82 Å². The molecule has 0 aliphatic heterocycles. The van der Waals surface area contributed by atoms with Crippen LogP contribution >= 0.6 is 0 Å². The molecule has 0 saturated carbocycles. The highest BCUT2D eigenvalue weighted by molar-refractivity contribution is 5.90. The molecule has 0 spiro atoms. The first-order chi connectivity index (χ1) is 9.15. The molecule has 0 unspecified atom stereocenters. The highest BCUT2D eigenvalue weighted by Crippen LogP contribution is 2.19. The average Bonchev–Trinajstić information content (AvgIpc) is 2.69. The topological polar surface area (TPSA) is 79.4 Å². The Morgan fingerprint density at radius 2 is 2.05 bits per heavy atom. The fourth-order valence-electron chi connectivity index (χ4n) is 1.82. The number of ether oxygens (including phenoxy) is 2. The minimum atomic E-state index is -0.421. The number of nitrogens with zero attached hydrogens (tertiary/aromatic N) is 2. The zero-order chi connectivity index (χ0) is 14.3. The molecule has 1 aromatic rings. The zero-order valence-electron chi connectivity index (χ0n) is 11.9. The van der Waals surface area contributed by atoms with E-state index in [1.165, 1.54) is 0 Å². The minimum Gasteiger partial charge on any atom is -0.461 e. The molecule has 1 rings (SSSR count). The Bertz CT molecular complexity index is 416. The molecule has 0 atom stereocenters. The van der Waals surface area contributed by atoms with Gasteiger partial charge in [0.1, 0.15) is 5.82 Å². The highest BCUT2D eigenvalue weighted by Gasteiger charge is 2.21. The largest absolute Gasteiger partial charge is 0.461 e. The van der Waals surface area contributed by atoms with Crippen molar-refractivity contribution >= 4 is 11.8 Å². The van der Waals surface area contributed by atoms with E-state index in [1.54, 1.807) is 11.6 Å². The number of esters is 1. The molecule has 0 aliphatic rings. The maximum Gasteiger partial charge on any atom is 0.359 e. The second-order valence-electron chi connectivity index (χ2n) is 4.10. The van der Waals surface area contributed by atoms with Crippen LogP contribution in [0.1, 0.15) is 43.2 Å². The lowest BCUT2D eigenvalue weighted by atomic mass is 10.1. The van der Waals surface area contributed by atoms with Gasteiger partial charge in [-0.15, -0.1) is 0 Å². The third-order valence-corrected chi connectivity index (χ3v) is 2.70. The van der Waals surface area contributed by atoms with Gasteiger partial charge in [-0.3, -0.25) is 0 Å². The number of carbonyl (C=O) groups is 1. The maximum absolute atomic E-state index is 11.9. The lowest BCUT2D eigenvalue weighted by molar-refractivity contribution is 0.0516. The van der Waals surface area contributed by atoms with Crippen LogP contribution in [0.2, 0.25) is 0 Å². The molecule has 0 amide bonds. The molecule has 1 heterocycles. The molecular formula is C13H23N3O3. The summed E-state index contributed by atoms with van der Waals surface area (Å²) in [6, 6.07) is 0. The van der Waals surface area contributed by atoms with E-state index in [0.717, 1.165) is 12.0 Å². The summed E-state index contributed by atoms with van der Waals surface area (Å²) in [7, 11) is 0. The Morgan fingerprint density at radius 3 is 2.63 bits per heavy atom. The Morgan fingerprint density at radius 1 is 1.32 bits per heavy atom. The summed E-state index contributed by atoms with van der Waals surface area (Å²) in [4.78, 5) is 11.9. The van der Waals surface area contributed by atoms with E-state index in [2.05, 4.69) is 5.10 Å². The summed E-state index contributed by atoms with van der Waals surface area (Å²) in [5.74, 6) is 0.111. The van der Waals surface area contributed by atoms with Gasteiger partial charge >= 0.3 is 5.97 Å². The zero-order valence-corrected chi connectivity index (χ0v) is 11.9. The summed E-state index contributed by atoms with van der Waals surface area (Å²) in [5, 5.41) is 4.26. The Balaban J connectivity index is 2.97. The van der Waals surface area contributed by atoms with Gasteiger partial charge in [0.2, 0.25) is 0 Å². The Kier molecular flexibility index (Phi) is 6.35. The number of hydrogen-bond acceptors (Lipinski definition) is 5. The van der Waals surface area contributed by atoms with Crippen molar-refractivity contribution in [2.75, 3.05) is 25.6 Å². The molecule has 0 radical (unpaired) electrons. The van der Waals surface area contributed by atoms with Gasteiger partial charge in [-0.1, -0.05) is 6.92 Å². The molecule has 0 fully saturated rings. The monoisotopic (exact) mass is 269 g/mol. The summed E-state index contributed by atoms with van der Waals surface area (Å²) < 4.78 is 12.0. The van der Waals surface area contributed by atoms with Crippen LogP contribution in [0.3, 0.4) is 0 Å². The molecule has 2 N–H and O–H groups in total. The number of rotatable bonds is 8. The van der Waals surface area contributed by atoms with Gasteiger partial charge in [0, 0.05) is 25.1 Å². The summed E-state index contributed by atoms with van der Waals surface area (Å²) in [5.41, 5.74) is 7.08. The molecule has 0 aliphatic carbocycles. The fraction of sp³-hybridized carbons (Fsp3) is 0.692. The third-order valence-electron chi connectivity index (χ3n) is 2.70. The lowest BCUT2D eigenvalue weighted by Crippen LogP contribution is -2.10. The van der Waals surface area contributed by atoms with E-state index < -0.39 is 5.97 Å². The van der Waals surface area contributed by atoms with Gasteiger partial charge in [0.05, 0.1) is 13.2 Å². The average molecular weight is 269 g/mol. The second kappa shape index (κ2) is 7.78. The summed E-state index contributed by atoms with van der Waals surface area (Å²) in [6.45, 7) is 7.89. The lowest BCUT2D eigenvalue weighted by Gasteiger charge is -2.04. The predicted molar refractivity (Wildman–Crippen MR) is 73.1 cm³/mol. The first-order valence-corrected chi connectivity index (χ1v) is 6.75. The van der Waals surface area contributed by atoms with E-state index in [0.29, 0.717) is 44.3 Å². The maximum atomic E-state index is 11.9. The summed E-state index contributed by atoms with van der Waals surface area (Å²) >= 11 is 0. The fourth-order valence-corrected chi connectivity index (χ4v) is 1.82. The smallest absolute Gasteiger partial charge is 0.359 e. The molecule has 108 valence electrons. The van der Waals surface area contributed by atoms with Crippen molar-refractivity contribution in [3.05, 3.63) is 11.3 Å². The van der Waals surface area contributed by atoms with Crippen molar-refractivity contribution in [2.45, 2.75) is 40.2 Å². The minimum absolute atomic E-state index is 0.313. The standard InChI is InChI=1S/C13H23N3O3/c1-4-8-16-12(14)10(7-9-18-5-2)11(15-16)13(17)19-6-3/h4-9,14H2,1-3H3. The van der Waals surface area contributed by atoms with Crippen molar-refractivity contribution in [1.29, 1.82) is 0 Å². The number of nitrogens with two attached hydrogens (primary N) is 1. The van der Waals surface area contributed by atoms with Crippen LogP contribution < -0.4 is 5.73 Å². The third kappa shape index (κ3) is 3.96. The normalized spacial score (nSPS) is 10.7. The Hall–Kier alpha value is -1.56. The number of anilines is 1. The van der Waals surface area contributed by atoms with Crippen molar-refractivity contribution < 1.29 is 14.3 Å². The van der Waals surface area contributed by atoms with Gasteiger partial charge in [-0.2, -0.15) is 5.10 Å². The molecule has 0 saturated heterocycles. The van der Waals surface area contributed by atoms with E-state index in [9.17, 15) is 4.79 Å². The van der Waals surface area contributed by atoms with E-state index in [-0.39, 0.29) is 0 Å². The molecule has 1 aromatic heterocycles. The molecule has 0 bridgehead atoms. The first kappa shape index (κ1) is 15.5. The van der Waals surface area contributed by atoms with Gasteiger partial charge in [-0.05, 0) is 20.3 Å². The van der Waals surface area contributed by atoms with Gasteiger partial charge < -0.3 is 15.2 Å². The molecular weight excluding hydrogens is 246 g/mol. The van der Waals surface area contributed by atoms with Gasteiger partial charge in [0.15, 0.2) is 5.69 Å². The highest BCUT2D eigenvalue weighted by atomic mass is 16.5. The van der Waals surface area contributed by atoms with Crippen molar-refractivity contribution in [3.8, 4) is 0 Å². The van der Waals surface area contributed by atoms with Crippen LogP contribution in [0.25, 0.3) is 0 Å². The van der Waals surface area contributed by atoms with Gasteiger partial charge in [0.25, 0.3) is 0 Å². The van der Waals surface area contributed by atoms with Crippen LogP contribution in [-0.2, 0) is 22.4 Å². The summed E-state index contributed by atoms with van der Waals surface area (Å²) in [6.07, 6.45) is 1.47. The quantitative estimate of drug-likeness (QED) is 0.573. The number of aryl methyl sites for hydroxylation is 1. The first-order valence-electron chi connectivity index (χ1n) is 6.75. The number of hydrogen-bond donors (Lipinski definition) is 1. The molecule has 6 nitrogen and oxygen atoms in total. The SMILES string of the molecule is CCCn1nc(C(=O)OCC)c(CCOCC)c1N. The van der Waals surface area contributed by atoms with Crippen molar-refractivity contribution in [1.82, 2.24) is 9.78 Å². The van der Waals surface area contributed by atoms with E-state index >= 15 is 0 Å². The molecule has 19 heavy (non-hydrogen) atoms. The second-order valence-corrected chi connectivity index (χ2v) is 4.10. The van der Waals surface area contributed by atoms with E-state index in [4.69, 9.17) is 15.2 Å². The number of aromatic nitrogens is 2. The number of carbonyl (C=O) groups excluding carboxylic acids is 1. The molecule has 0 aromatic carbocycles. The van der Waals surface area contributed by atoms with Crippen LogP contribution in [-0.4, -0.2) is 35.6 Å². The predicted octanol–water partition coefficient (Wildman–Crippen LogP) is 1.63. The van der Waals surface area contributed by atoms with Crippen LogP contribution in [0.15, 0.2) is 0 Å². The molecule has 6 heteroatoms. The van der Waals surface area contributed by atoms with E-state index in [1.807, 2.05) is 13.8 Å². The van der Waals surface area contributed by atoms with Crippen molar-refractivity contribution in [2.24, 2.45) is 0 Å². The Labute approximate surface area is 113 Å². The van der Waals surface area contributed by atoms with Crippen LogP contribution in [0, 0.1) is 0 Å². The van der Waals surface area contributed by atoms with Crippen LogP contribution in [0.5, 0.6) is 0 Å². The van der Waals surface area contributed by atoms with Gasteiger partial charge in [-0.25, -0.2) is 9.48 Å².